The zero-order valence-electron chi connectivity index (χ0n) is 16.7. The number of anilines is 1. The van der Waals surface area contributed by atoms with E-state index in [4.69, 9.17) is 21.1 Å². The highest BCUT2D eigenvalue weighted by molar-refractivity contribution is 6.31. The monoisotopic (exact) mass is 422 g/mol. The topological polar surface area (TPSA) is 112 Å². The average Bonchev–Trinajstić information content (AvgIpc) is 3.10. The number of amides is 1. The fraction of sp³-hybridized carbons (Fsp3) is 0.421. The maximum absolute atomic E-state index is 12.9. The van der Waals surface area contributed by atoms with Crippen molar-refractivity contribution in [2.24, 2.45) is 0 Å². The van der Waals surface area contributed by atoms with Gasteiger partial charge in [0.05, 0.1) is 13.2 Å². The minimum Gasteiger partial charge on any atom is -0.461 e. The van der Waals surface area contributed by atoms with Crippen molar-refractivity contribution in [1.29, 1.82) is 0 Å². The number of hydrogen-bond donors (Lipinski definition) is 1. The summed E-state index contributed by atoms with van der Waals surface area (Å²) in [5.41, 5.74) is 0.823. The van der Waals surface area contributed by atoms with E-state index < -0.39 is 23.9 Å². The maximum atomic E-state index is 12.9. The lowest BCUT2D eigenvalue weighted by atomic mass is 10.1. The molecule has 2 aromatic rings. The van der Waals surface area contributed by atoms with Gasteiger partial charge < -0.3 is 14.8 Å². The molecule has 1 N–H and O–H groups in total. The number of halogens is 1. The molecule has 9 nitrogen and oxygen atoms in total. The van der Waals surface area contributed by atoms with Gasteiger partial charge in [-0.05, 0) is 44.9 Å². The molecule has 0 aliphatic heterocycles. The van der Waals surface area contributed by atoms with Crippen molar-refractivity contribution >= 4 is 35.1 Å². The lowest BCUT2D eigenvalue weighted by Crippen LogP contribution is -2.30. The van der Waals surface area contributed by atoms with Crippen LogP contribution in [0.25, 0.3) is 0 Å². The van der Waals surface area contributed by atoms with Crippen molar-refractivity contribution in [3.8, 4) is 0 Å². The summed E-state index contributed by atoms with van der Waals surface area (Å²) in [5.74, 6) is -2.07. The Morgan fingerprint density at radius 1 is 1.14 bits per heavy atom. The minimum absolute atomic E-state index is 0.0803. The number of benzene rings is 1. The lowest BCUT2D eigenvalue weighted by Gasteiger charge is -2.18. The minimum atomic E-state index is -0.913. The summed E-state index contributed by atoms with van der Waals surface area (Å²) in [6, 6.07) is 4.20. The van der Waals surface area contributed by atoms with Crippen LogP contribution in [0.4, 0.5) is 5.69 Å². The summed E-state index contributed by atoms with van der Waals surface area (Å²) in [6.07, 6.45) is 0.281. The Bertz CT molecular complexity index is 912. The van der Waals surface area contributed by atoms with Crippen LogP contribution in [0.15, 0.2) is 18.2 Å². The van der Waals surface area contributed by atoms with Crippen LogP contribution < -0.4 is 5.32 Å². The molecule has 0 fully saturated rings. The van der Waals surface area contributed by atoms with Crippen molar-refractivity contribution in [3.05, 3.63) is 40.2 Å². The number of aromatic nitrogens is 3. The first-order valence-corrected chi connectivity index (χ1v) is 9.58. The number of ether oxygens (including phenoxy) is 2. The van der Waals surface area contributed by atoms with E-state index in [0.29, 0.717) is 10.7 Å². The van der Waals surface area contributed by atoms with Crippen LogP contribution in [-0.2, 0) is 14.3 Å². The van der Waals surface area contributed by atoms with Gasteiger partial charge in [-0.15, -0.1) is 5.10 Å². The molecule has 10 heteroatoms. The Morgan fingerprint density at radius 2 is 1.79 bits per heavy atom. The van der Waals surface area contributed by atoms with Gasteiger partial charge in [-0.2, -0.15) is 0 Å². The van der Waals surface area contributed by atoms with Gasteiger partial charge in [-0.25, -0.2) is 14.3 Å². The smallest absolute Gasteiger partial charge is 0.361 e. The Balaban J connectivity index is 2.43. The Kier molecular flexibility index (Phi) is 7.72. The van der Waals surface area contributed by atoms with Crippen LogP contribution in [0.1, 0.15) is 59.8 Å². The number of esters is 2. The molecule has 1 amide bonds. The zero-order chi connectivity index (χ0) is 21.6. The van der Waals surface area contributed by atoms with E-state index >= 15 is 0 Å². The summed E-state index contributed by atoms with van der Waals surface area (Å²) in [5, 5.41) is 10.9. The molecule has 1 aromatic heterocycles. The molecule has 0 spiro atoms. The van der Waals surface area contributed by atoms with Gasteiger partial charge in [0.2, 0.25) is 11.6 Å². The number of rotatable bonds is 8. The predicted molar refractivity (Wildman–Crippen MR) is 106 cm³/mol. The normalized spacial score (nSPS) is 11.6. The van der Waals surface area contributed by atoms with E-state index in [1.54, 1.807) is 39.0 Å². The van der Waals surface area contributed by atoms with Gasteiger partial charge in [-0.3, -0.25) is 4.79 Å². The van der Waals surface area contributed by atoms with Crippen molar-refractivity contribution in [2.75, 3.05) is 18.5 Å². The number of hydrogen-bond acceptors (Lipinski definition) is 7. The average molecular weight is 423 g/mol. The maximum Gasteiger partial charge on any atom is 0.361 e. The largest absolute Gasteiger partial charge is 0.461 e. The molecule has 29 heavy (non-hydrogen) atoms. The second kappa shape index (κ2) is 10.0. The highest BCUT2D eigenvalue weighted by atomic mass is 35.5. The van der Waals surface area contributed by atoms with Crippen molar-refractivity contribution in [3.63, 3.8) is 0 Å². The van der Waals surface area contributed by atoms with Crippen molar-refractivity contribution in [2.45, 2.75) is 40.2 Å². The molecule has 0 bridgehead atoms. The predicted octanol–water partition coefficient (Wildman–Crippen LogP) is 3.18. The second-order valence-electron chi connectivity index (χ2n) is 6.04. The molecule has 0 aliphatic rings. The third-order valence-electron chi connectivity index (χ3n) is 4.07. The summed E-state index contributed by atoms with van der Waals surface area (Å²) in [4.78, 5) is 37.6. The van der Waals surface area contributed by atoms with Gasteiger partial charge in [0.25, 0.3) is 0 Å². The fourth-order valence-electron chi connectivity index (χ4n) is 2.65. The van der Waals surface area contributed by atoms with E-state index in [9.17, 15) is 14.4 Å². The molecule has 0 aliphatic carbocycles. The van der Waals surface area contributed by atoms with Gasteiger partial charge in [0, 0.05) is 10.7 Å². The molecular weight excluding hydrogens is 400 g/mol. The third kappa shape index (κ3) is 5.11. The van der Waals surface area contributed by atoms with Gasteiger partial charge >= 0.3 is 11.9 Å². The number of carbonyl (C=O) groups excluding carboxylic acids is 3. The van der Waals surface area contributed by atoms with Crippen LogP contribution in [-0.4, -0.2) is 46.1 Å². The highest BCUT2D eigenvalue weighted by Gasteiger charge is 2.33. The van der Waals surface area contributed by atoms with Crippen LogP contribution in [0.5, 0.6) is 0 Å². The van der Waals surface area contributed by atoms with Crippen LogP contribution in [0, 0.1) is 6.92 Å². The third-order valence-corrected chi connectivity index (χ3v) is 4.31. The Morgan fingerprint density at radius 3 is 2.41 bits per heavy atom. The number of nitrogens with zero attached hydrogens (tertiary/aromatic N) is 3. The quantitative estimate of drug-likeness (QED) is 0.650. The van der Waals surface area contributed by atoms with E-state index in [1.165, 1.54) is 0 Å². The molecule has 1 atom stereocenters. The number of nitrogens with one attached hydrogen (secondary N) is 1. The lowest BCUT2D eigenvalue weighted by molar-refractivity contribution is -0.119. The standard InChI is InChI=1S/C19H23ClN4O5/c1-5-14(17(25)21-13-10-12(20)9-8-11(13)4)24-16(19(27)29-7-3)15(22-23-24)18(26)28-6-2/h8-10,14H,5-7H2,1-4H3,(H,21,25)/t14-/m0/s1. The molecule has 0 saturated carbocycles. The molecule has 1 aromatic carbocycles. The van der Waals surface area contributed by atoms with E-state index in [2.05, 4.69) is 15.6 Å². The number of aryl methyl sites for hydroxylation is 1. The van der Waals surface area contributed by atoms with Gasteiger partial charge in [0.1, 0.15) is 6.04 Å². The van der Waals surface area contributed by atoms with Crippen molar-refractivity contribution in [1.82, 2.24) is 15.0 Å². The van der Waals surface area contributed by atoms with Gasteiger partial charge in [0.15, 0.2) is 5.69 Å². The first-order chi connectivity index (χ1) is 13.8. The van der Waals surface area contributed by atoms with E-state index in [0.717, 1.165) is 10.2 Å². The Hall–Kier alpha value is -2.94. The molecule has 2 rings (SSSR count). The molecule has 0 radical (unpaired) electrons. The molecule has 0 unspecified atom stereocenters. The Labute approximate surface area is 173 Å². The molecule has 156 valence electrons. The number of carbonyl (C=O) groups is 3. The molecule has 1 heterocycles. The highest BCUT2D eigenvalue weighted by Crippen LogP contribution is 2.23. The van der Waals surface area contributed by atoms with Crippen molar-refractivity contribution < 1.29 is 23.9 Å². The summed E-state index contributed by atoms with van der Waals surface area (Å²) in [6.45, 7) is 7.00. The first kappa shape index (κ1) is 22.4. The zero-order valence-corrected chi connectivity index (χ0v) is 17.4. The van der Waals surface area contributed by atoms with E-state index in [1.807, 2.05) is 6.92 Å². The summed E-state index contributed by atoms with van der Waals surface area (Å²) >= 11 is 6.01. The van der Waals surface area contributed by atoms with E-state index in [-0.39, 0.29) is 31.0 Å². The second-order valence-corrected chi connectivity index (χ2v) is 6.48. The first-order valence-electron chi connectivity index (χ1n) is 9.20. The van der Waals surface area contributed by atoms with Crippen LogP contribution in [0.2, 0.25) is 5.02 Å². The summed E-state index contributed by atoms with van der Waals surface area (Å²) < 4.78 is 11.1. The summed E-state index contributed by atoms with van der Waals surface area (Å²) in [7, 11) is 0. The molecule has 0 saturated heterocycles. The fourth-order valence-corrected chi connectivity index (χ4v) is 2.82. The van der Waals surface area contributed by atoms with Crippen LogP contribution >= 0.6 is 11.6 Å². The molecular formula is C19H23ClN4O5. The van der Waals surface area contributed by atoms with Crippen LogP contribution in [0.3, 0.4) is 0 Å². The van der Waals surface area contributed by atoms with Gasteiger partial charge in [-0.1, -0.05) is 29.8 Å². The SMILES string of the molecule is CCOC(=O)c1nnn([C@@H](CC)C(=O)Nc2cc(Cl)ccc2C)c1C(=O)OCC.